The minimum Gasteiger partial charge on any atom is -0.497 e. The molecule has 4 atom stereocenters. The van der Waals surface area contributed by atoms with Gasteiger partial charge in [-0.1, -0.05) is 35.8 Å². The van der Waals surface area contributed by atoms with Crippen molar-refractivity contribution in [2.75, 3.05) is 38.7 Å². The van der Waals surface area contributed by atoms with E-state index in [2.05, 4.69) is 39.7 Å². The molecule has 1 aliphatic carbocycles. The van der Waals surface area contributed by atoms with Gasteiger partial charge < -0.3 is 35.0 Å². The third-order valence-corrected chi connectivity index (χ3v) is 7.97. The van der Waals surface area contributed by atoms with Gasteiger partial charge in [-0.05, 0) is 48.9 Å². The molecule has 10 nitrogen and oxygen atoms in total. The lowest BCUT2D eigenvalue weighted by molar-refractivity contribution is -0.144. The summed E-state index contributed by atoms with van der Waals surface area (Å²) in [5, 5.41) is 47.4. The monoisotopic (exact) mass is 538 g/mol. The Bertz CT molecular complexity index is 1210. The fourth-order valence-corrected chi connectivity index (χ4v) is 5.25. The van der Waals surface area contributed by atoms with Gasteiger partial charge in [-0.15, -0.1) is 0 Å². The number of likely N-dealkylation sites (tertiary alicyclic amines) is 1. The third kappa shape index (κ3) is 6.42. The quantitative estimate of drug-likeness (QED) is 0.246. The molecule has 3 aromatic rings. The summed E-state index contributed by atoms with van der Waals surface area (Å²) >= 11 is 0. The number of rotatable bonds is 11. The first kappa shape index (κ1) is 27.5. The second-order valence-corrected chi connectivity index (χ2v) is 10.6. The first-order valence-electron chi connectivity index (χ1n) is 13.7. The van der Waals surface area contributed by atoms with Crippen LogP contribution >= 0.6 is 0 Å². The topological polar surface area (TPSA) is 144 Å². The Morgan fingerprint density at radius 3 is 2.44 bits per heavy atom. The summed E-state index contributed by atoms with van der Waals surface area (Å²) in [6, 6.07) is 13.6. The standard InChI is InChI=1S/C29H38N4O6/c1-38-23-14-21(28-31-29(39-32-28)20-3-2-4-20)13-22(15-23)30-11-9-18-5-7-19(8-6-18)10-12-33-16-25(35)27(37)26(36)24(33)17-34/h5-8,13-15,20,24-27,30,34-37H,2-4,9-12,16-17H2,1H3/t24-,25+,26-,27-/m1/s1. The molecule has 2 aliphatic rings. The first-order valence-corrected chi connectivity index (χ1v) is 13.7. The maximum Gasteiger partial charge on any atom is 0.230 e. The van der Waals surface area contributed by atoms with Crippen LogP contribution in [0.25, 0.3) is 11.4 Å². The first-order chi connectivity index (χ1) is 18.9. The van der Waals surface area contributed by atoms with Crippen molar-refractivity contribution in [3.8, 4) is 17.1 Å². The number of hydrogen-bond donors (Lipinski definition) is 5. The molecule has 1 saturated carbocycles. The molecule has 5 rings (SSSR count). The number of β-amino-alcohol motifs (C(OH)–C–C–N with tert-alkyl or cyclic N) is 1. The van der Waals surface area contributed by atoms with Crippen LogP contribution in [-0.4, -0.2) is 93.2 Å². The molecule has 0 amide bonds. The summed E-state index contributed by atoms with van der Waals surface area (Å²) < 4.78 is 11.0. The lowest BCUT2D eigenvalue weighted by Gasteiger charge is -2.43. The maximum absolute atomic E-state index is 10.2. The van der Waals surface area contributed by atoms with Crippen LogP contribution in [0.15, 0.2) is 47.0 Å². The number of benzene rings is 2. The zero-order chi connectivity index (χ0) is 27.4. The molecule has 39 heavy (non-hydrogen) atoms. The summed E-state index contributed by atoms with van der Waals surface area (Å²) in [7, 11) is 1.64. The predicted molar refractivity (Wildman–Crippen MR) is 146 cm³/mol. The van der Waals surface area contributed by atoms with E-state index in [9.17, 15) is 20.4 Å². The largest absolute Gasteiger partial charge is 0.497 e. The summed E-state index contributed by atoms with van der Waals surface area (Å²) in [4.78, 5) is 6.45. The van der Waals surface area contributed by atoms with Gasteiger partial charge in [0.1, 0.15) is 18.0 Å². The summed E-state index contributed by atoms with van der Waals surface area (Å²) in [5.41, 5.74) is 4.09. The van der Waals surface area contributed by atoms with Gasteiger partial charge in [-0.3, -0.25) is 4.90 Å². The van der Waals surface area contributed by atoms with Gasteiger partial charge in [0.2, 0.25) is 11.7 Å². The number of anilines is 1. The van der Waals surface area contributed by atoms with E-state index >= 15 is 0 Å². The lowest BCUT2D eigenvalue weighted by Crippen LogP contribution is -2.62. The Balaban J connectivity index is 1.14. The van der Waals surface area contributed by atoms with Crippen LogP contribution in [0, 0.1) is 0 Å². The summed E-state index contributed by atoms with van der Waals surface area (Å²) in [6.07, 6.45) is 1.51. The number of methoxy groups -OCH3 is 1. The average molecular weight is 539 g/mol. The molecule has 0 radical (unpaired) electrons. The minimum absolute atomic E-state index is 0.216. The zero-order valence-electron chi connectivity index (χ0n) is 22.2. The van der Waals surface area contributed by atoms with E-state index in [0.29, 0.717) is 24.7 Å². The second-order valence-electron chi connectivity index (χ2n) is 10.6. The van der Waals surface area contributed by atoms with Crippen LogP contribution in [-0.2, 0) is 12.8 Å². The molecule has 0 unspecified atom stereocenters. The fourth-order valence-electron chi connectivity index (χ4n) is 5.25. The Kier molecular flexibility index (Phi) is 8.79. The van der Waals surface area contributed by atoms with Crippen molar-refractivity contribution in [3.05, 3.63) is 59.5 Å². The molecule has 2 aromatic carbocycles. The number of nitrogens with zero attached hydrogens (tertiary/aromatic N) is 3. The Morgan fingerprint density at radius 2 is 1.77 bits per heavy atom. The van der Waals surface area contributed by atoms with Gasteiger partial charge in [-0.25, -0.2) is 0 Å². The van der Waals surface area contributed by atoms with Gasteiger partial charge >= 0.3 is 0 Å². The molecule has 1 saturated heterocycles. The van der Waals surface area contributed by atoms with Crippen LogP contribution in [0.2, 0.25) is 0 Å². The van der Waals surface area contributed by atoms with E-state index in [-0.39, 0.29) is 13.2 Å². The van der Waals surface area contributed by atoms with Crippen LogP contribution in [0.3, 0.4) is 0 Å². The Labute approximate surface area is 228 Å². The Hall–Kier alpha value is -3.02. The lowest BCUT2D eigenvalue weighted by atomic mass is 9.85. The van der Waals surface area contributed by atoms with Gasteiger partial charge in [0.05, 0.1) is 25.9 Å². The van der Waals surface area contributed by atoms with Gasteiger partial charge in [0.15, 0.2) is 0 Å². The highest BCUT2D eigenvalue weighted by Gasteiger charge is 2.40. The van der Waals surface area contributed by atoms with E-state index in [0.717, 1.165) is 54.3 Å². The molecule has 0 spiro atoms. The van der Waals surface area contributed by atoms with Crippen molar-refractivity contribution in [2.45, 2.75) is 62.4 Å². The van der Waals surface area contributed by atoms with E-state index in [1.54, 1.807) is 7.11 Å². The predicted octanol–water partition coefficient (Wildman–Crippen LogP) is 1.97. The molecule has 1 aliphatic heterocycles. The summed E-state index contributed by atoms with van der Waals surface area (Å²) in [6.45, 7) is 1.24. The number of piperidine rings is 1. The van der Waals surface area contributed by atoms with Crippen molar-refractivity contribution < 1.29 is 29.7 Å². The van der Waals surface area contributed by atoms with Crippen molar-refractivity contribution >= 4 is 5.69 Å². The van der Waals surface area contributed by atoms with Crippen LogP contribution in [0.1, 0.15) is 42.2 Å². The Morgan fingerprint density at radius 1 is 1.03 bits per heavy atom. The minimum atomic E-state index is -1.24. The highest BCUT2D eigenvalue weighted by Crippen LogP contribution is 2.36. The number of aromatic nitrogens is 2. The van der Waals surface area contributed by atoms with E-state index in [1.165, 1.54) is 12.0 Å². The van der Waals surface area contributed by atoms with Crippen LogP contribution in [0.4, 0.5) is 5.69 Å². The van der Waals surface area contributed by atoms with Crippen molar-refractivity contribution in [2.24, 2.45) is 0 Å². The molecule has 0 bridgehead atoms. The van der Waals surface area contributed by atoms with Gasteiger partial charge in [-0.2, -0.15) is 4.98 Å². The molecule has 210 valence electrons. The summed E-state index contributed by atoms with van der Waals surface area (Å²) in [5.74, 6) is 2.40. The number of nitrogens with one attached hydrogen (secondary N) is 1. The fraction of sp³-hybridized carbons (Fsp3) is 0.517. The highest BCUT2D eigenvalue weighted by atomic mass is 16.5. The number of hydrogen-bond acceptors (Lipinski definition) is 10. The molecule has 5 N–H and O–H groups in total. The van der Waals surface area contributed by atoms with Crippen LogP contribution in [0.5, 0.6) is 5.75 Å². The van der Waals surface area contributed by atoms with Crippen molar-refractivity contribution in [1.82, 2.24) is 15.0 Å². The molecule has 2 fully saturated rings. The molecule has 1 aromatic heterocycles. The van der Waals surface area contributed by atoms with Crippen molar-refractivity contribution in [3.63, 3.8) is 0 Å². The SMILES string of the molecule is COc1cc(NCCc2ccc(CCN3C[C@H](O)[C@@H](O)[C@H](O)[C@H]3CO)cc2)cc(-c2noc(C3CCC3)n2)c1. The third-order valence-electron chi connectivity index (χ3n) is 7.97. The second kappa shape index (κ2) is 12.4. The molecule has 2 heterocycles. The van der Waals surface area contributed by atoms with E-state index in [1.807, 2.05) is 23.1 Å². The van der Waals surface area contributed by atoms with E-state index < -0.39 is 24.4 Å². The highest BCUT2D eigenvalue weighted by molar-refractivity contribution is 5.65. The molecule has 10 heteroatoms. The molecular formula is C29H38N4O6. The normalized spacial score (nSPS) is 23.9. The van der Waals surface area contributed by atoms with Crippen molar-refractivity contribution in [1.29, 1.82) is 0 Å². The van der Waals surface area contributed by atoms with Gasteiger partial charge in [0, 0.05) is 42.9 Å². The number of ether oxygens (including phenoxy) is 1. The average Bonchev–Trinajstić information content (AvgIpc) is 3.39. The van der Waals surface area contributed by atoms with E-state index in [4.69, 9.17) is 9.26 Å². The smallest absolute Gasteiger partial charge is 0.230 e. The number of aliphatic hydroxyl groups excluding tert-OH is 4. The zero-order valence-corrected chi connectivity index (χ0v) is 22.2. The van der Waals surface area contributed by atoms with Crippen LogP contribution < -0.4 is 10.1 Å². The van der Waals surface area contributed by atoms with Gasteiger partial charge in [0.25, 0.3) is 0 Å². The maximum atomic E-state index is 10.2. The number of aliphatic hydroxyl groups is 4. The molecular weight excluding hydrogens is 500 g/mol.